The Bertz CT molecular complexity index is 721. The van der Waals surface area contributed by atoms with Crippen LogP contribution in [0.2, 0.25) is 0 Å². The molecule has 130 valence electrons. The minimum atomic E-state index is -0.0949. The number of nitrogens with two attached hydrogens (primary N) is 1. The molecule has 2 aromatic rings. The fourth-order valence-electron chi connectivity index (χ4n) is 3.28. The lowest BCUT2D eigenvalue weighted by molar-refractivity contribution is 0.0647. The largest absolute Gasteiger partial charge is 0.456 e. The molecule has 1 amide bonds. The Kier molecular flexibility index (Phi) is 4.62. The third-order valence-electron chi connectivity index (χ3n) is 4.58. The predicted molar refractivity (Wildman–Crippen MR) is 89.7 cm³/mol. The Hall–Kier alpha value is -2.28. The topological polar surface area (TPSA) is 86.5 Å². The molecule has 1 fully saturated rings. The molecule has 1 saturated heterocycles. The number of likely N-dealkylation sites (tertiary alicyclic amines) is 1. The standard InChI is InChI=1S/C17H24N4O3/c1-4-14-11(2)7-15(24-14)17(22)21-10-13(23-3)8-12(21)9-20-6-5-16(18)19-20/h5-7,12-13H,4,8-10H2,1-3H3,(H2,18,19)/t12-,13-/m0/s1. The van der Waals surface area contributed by atoms with Gasteiger partial charge >= 0.3 is 0 Å². The van der Waals surface area contributed by atoms with Crippen molar-refractivity contribution in [3.8, 4) is 0 Å². The van der Waals surface area contributed by atoms with Crippen molar-refractivity contribution in [2.24, 2.45) is 0 Å². The second-order valence-corrected chi connectivity index (χ2v) is 6.24. The number of ether oxygens (including phenoxy) is 1. The lowest BCUT2D eigenvalue weighted by Crippen LogP contribution is -2.38. The van der Waals surface area contributed by atoms with Crippen molar-refractivity contribution in [3.05, 3.63) is 35.4 Å². The summed E-state index contributed by atoms with van der Waals surface area (Å²) < 4.78 is 13.0. The van der Waals surface area contributed by atoms with Gasteiger partial charge in [0.25, 0.3) is 5.91 Å². The molecule has 1 aliphatic heterocycles. The molecule has 0 radical (unpaired) electrons. The zero-order valence-electron chi connectivity index (χ0n) is 14.4. The molecule has 2 aromatic heterocycles. The van der Waals surface area contributed by atoms with Gasteiger partial charge in [0.15, 0.2) is 5.76 Å². The van der Waals surface area contributed by atoms with Crippen molar-refractivity contribution in [3.63, 3.8) is 0 Å². The quantitative estimate of drug-likeness (QED) is 0.903. The van der Waals surface area contributed by atoms with E-state index in [2.05, 4.69) is 5.10 Å². The zero-order chi connectivity index (χ0) is 17.3. The van der Waals surface area contributed by atoms with E-state index >= 15 is 0 Å². The molecule has 0 unspecified atom stereocenters. The highest BCUT2D eigenvalue weighted by Crippen LogP contribution is 2.25. The van der Waals surface area contributed by atoms with E-state index in [0.29, 0.717) is 24.7 Å². The number of furan rings is 1. The van der Waals surface area contributed by atoms with Crippen LogP contribution in [0.25, 0.3) is 0 Å². The molecule has 0 spiro atoms. The smallest absolute Gasteiger partial charge is 0.289 e. The van der Waals surface area contributed by atoms with Crippen molar-refractivity contribution >= 4 is 11.7 Å². The Morgan fingerprint density at radius 2 is 2.33 bits per heavy atom. The molecule has 0 bridgehead atoms. The number of anilines is 1. The summed E-state index contributed by atoms with van der Waals surface area (Å²) in [6.07, 6.45) is 3.39. The van der Waals surface area contributed by atoms with Gasteiger partial charge in [-0.05, 0) is 31.0 Å². The monoisotopic (exact) mass is 332 g/mol. The Balaban J connectivity index is 1.80. The van der Waals surface area contributed by atoms with Gasteiger partial charge in [-0.1, -0.05) is 6.92 Å². The summed E-state index contributed by atoms with van der Waals surface area (Å²) in [5, 5.41) is 4.22. The average molecular weight is 332 g/mol. The Labute approximate surface area is 141 Å². The van der Waals surface area contributed by atoms with E-state index in [4.69, 9.17) is 14.9 Å². The number of nitrogen functional groups attached to an aromatic ring is 1. The zero-order valence-corrected chi connectivity index (χ0v) is 14.4. The van der Waals surface area contributed by atoms with Crippen molar-refractivity contribution in [1.82, 2.24) is 14.7 Å². The molecule has 3 rings (SSSR count). The van der Waals surface area contributed by atoms with E-state index in [1.807, 2.05) is 31.0 Å². The number of nitrogens with zero attached hydrogens (tertiary/aromatic N) is 3. The second-order valence-electron chi connectivity index (χ2n) is 6.24. The Morgan fingerprint density at radius 3 is 2.92 bits per heavy atom. The van der Waals surface area contributed by atoms with Crippen LogP contribution in [-0.4, -0.2) is 46.4 Å². The van der Waals surface area contributed by atoms with Gasteiger partial charge in [0.2, 0.25) is 0 Å². The highest BCUT2D eigenvalue weighted by atomic mass is 16.5. The van der Waals surface area contributed by atoms with Crippen LogP contribution in [-0.2, 0) is 17.7 Å². The van der Waals surface area contributed by atoms with E-state index in [1.54, 1.807) is 17.9 Å². The number of methoxy groups -OCH3 is 1. The lowest BCUT2D eigenvalue weighted by Gasteiger charge is -2.23. The van der Waals surface area contributed by atoms with Crippen LogP contribution in [0.15, 0.2) is 22.7 Å². The fourth-order valence-corrected chi connectivity index (χ4v) is 3.28. The van der Waals surface area contributed by atoms with E-state index in [0.717, 1.165) is 24.2 Å². The van der Waals surface area contributed by atoms with Crippen LogP contribution in [0.5, 0.6) is 0 Å². The summed E-state index contributed by atoms with van der Waals surface area (Å²) in [6, 6.07) is 3.57. The maximum absolute atomic E-state index is 12.9. The molecule has 0 aliphatic carbocycles. The van der Waals surface area contributed by atoms with Crippen LogP contribution in [0.4, 0.5) is 5.82 Å². The summed E-state index contributed by atoms with van der Waals surface area (Å²) in [5.74, 6) is 1.63. The maximum atomic E-state index is 12.9. The summed E-state index contributed by atoms with van der Waals surface area (Å²) >= 11 is 0. The van der Waals surface area contributed by atoms with E-state index in [9.17, 15) is 4.79 Å². The molecule has 2 atom stereocenters. The molecule has 24 heavy (non-hydrogen) atoms. The van der Waals surface area contributed by atoms with Gasteiger partial charge in [0.1, 0.15) is 11.6 Å². The van der Waals surface area contributed by atoms with Gasteiger partial charge in [-0.25, -0.2) is 0 Å². The highest BCUT2D eigenvalue weighted by molar-refractivity contribution is 5.92. The second kappa shape index (κ2) is 6.68. The van der Waals surface area contributed by atoms with Gasteiger partial charge in [0.05, 0.1) is 18.7 Å². The first kappa shape index (κ1) is 16.6. The maximum Gasteiger partial charge on any atom is 0.289 e. The summed E-state index contributed by atoms with van der Waals surface area (Å²) in [4.78, 5) is 14.7. The number of rotatable bonds is 5. The number of hydrogen-bond acceptors (Lipinski definition) is 5. The number of amides is 1. The van der Waals surface area contributed by atoms with Crippen LogP contribution >= 0.6 is 0 Å². The number of aryl methyl sites for hydroxylation is 2. The first-order chi connectivity index (χ1) is 11.5. The van der Waals surface area contributed by atoms with Gasteiger partial charge in [-0.3, -0.25) is 9.48 Å². The highest BCUT2D eigenvalue weighted by Gasteiger charge is 2.37. The minimum absolute atomic E-state index is 0.00256. The van der Waals surface area contributed by atoms with Gasteiger partial charge in [0, 0.05) is 26.3 Å². The third kappa shape index (κ3) is 3.17. The summed E-state index contributed by atoms with van der Waals surface area (Å²) in [6.45, 7) is 5.12. The SMILES string of the molecule is CCc1oc(C(=O)N2C[C@@H](OC)C[C@H]2Cn2ccc(N)n2)cc1C. The summed E-state index contributed by atoms with van der Waals surface area (Å²) in [5.41, 5.74) is 6.69. The van der Waals surface area contributed by atoms with Crippen molar-refractivity contribution < 1.29 is 13.9 Å². The molecule has 2 N–H and O–H groups in total. The molecule has 3 heterocycles. The third-order valence-corrected chi connectivity index (χ3v) is 4.58. The van der Waals surface area contributed by atoms with Crippen LogP contribution in [0.1, 0.15) is 35.2 Å². The molecule has 0 aromatic carbocycles. The van der Waals surface area contributed by atoms with Crippen LogP contribution in [0.3, 0.4) is 0 Å². The van der Waals surface area contributed by atoms with Crippen molar-refractivity contribution in [1.29, 1.82) is 0 Å². The van der Waals surface area contributed by atoms with Crippen LogP contribution in [0, 0.1) is 6.92 Å². The average Bonchev–Trinajstić information content (AvgIpc) is 3.26. The first-order valence-corrected chi connectivity index (χ1v) is 8.23. The van der Waals surface area contributed by atoms with Gasteiger partial charge in [-0.2, -0.15) is 5.10 Å². The molecule has 7 heteroatoms. The van der Waals surface area contributed by atoms with Crippen LogP contribution < -0.4 is 5.73 Å². The fraction of sp³-hybridized carbons (Fsp3) is 0.529. The van der Waals surface area contributed by atoms with E-state index in [-0.39, 0.29) is 18.1 Å². The van der Waals surface area contributed by atoms with E-state index in [1.165, 1.54) is 0 Å². The van der Waals surface area contributed by atoms with Gasteiger partial charge < -0.3 is 19.8 Å². The molecule has 7 nitrogen and oxygen atoms in total. The van der Waals surface area contributed by atoms with Crippen molar-refractivity contribution in [2.75, 3.05) is 19.4 Å². The lowest BCUT2D eigenvalue weighted by atomic mass is 10.2. The normalized spacial score (nSPS) is 20.7. The molecule has 0 saturated carbocycles. The van der Waals surface area contributed by atoms with Crippen molar-refractivity contribution in [2.45, 2.75) is 45.4 Å². The number of aromatic nitrogens is 2. The van der Waals surface area contributed by atoms with Gasteiger partial charge in [-0.15, -0.1) is 0 Å². The number of carbonyl (C=O) groups is 1. The molecular weight excluding hydrogens is 308 g/mol. The van der Waals surface area contributed by atoms with E-state index < -0.39 is 0 Å². The molecule has 1 aliphatic rings. The number of hydrogen-bond donors (Lipinski definition) is 1. The number of carbonyl (C=O) groups excluding carboxylic acids is 1. The first-order valence-electron chi connectivity index (χ1n) is 8.23. The Morgan fingerprint density at radius 1 is 1.54 bits per heavy atom. The predicted octanol–water partition coefficient (Wildman–Crippen LogP) is 1.86. The summed E-state index contributed by atoms with van der Waals surface area (Å²) in [7, 11) is 1.67. The minimum Gasteiger partial charge on any atom is -0.456 e. The molecular formula is C17H24N4O3.